The molecule has 1 aliphatic carbocycles. The van der Waals surface area contributed by atoms with E-state index in [1.54, 1.807) is 11.8 Å². The Morgan fingerprint density at radius 2 is 2.14 bits per heavy atom. The van der Waals surface area contributed by atoms with Crippen molar-refractivity contribution in [2.45, 2.75) is 30.2 Å². The van der Waals surface area contributed by atoms with Gasteiger partial charge in [-0.15, -0.1) is 10.2 Å². The number of carbonyl (C=O) groups is 1. The zero-order chi connectivity index (χ0) is 14.7. The molecular formula is C15H16N2O2S2. The van der Waals surface area contributed by atoms with E-state index < -0.39 is 0 Å². The summed E-state index contributed by atoms with van der Waals surface area (Å²) >= 11 is 2.93. The quantitative estimate of drug-likeness (QED) is 0.600. The van der Waals surface area contributed by atoms with Gasteiger partial charge < -0.3 is 4.42 Å². The molecule has 6 heteroatoms. The van der Waals surface area contributed by atoms with Gasteiger partial charge in [0.15, 0.2) is 5.78 Å². The predicted octanol–water partition coefficient (Wildman–Crippen LogP) is 3.40. The van der Waals surface area contributed by atoms with E-state index in [1.807, 2.05) is 18.4 Å². The second kappa shape index (κ2) is 6.66. The Hall–Kier alpha value is -1.27. The summed E-state index contributed by atoms with van der Waals surface area (Å²) in [6.07, 6.45) is 5.40. The van der Waals surface area contributed by atoms with Crippen molar-refractivity contribution in [3.05, 3.63) is 40.8 Å². The Morgan fingerprint density at radius 3 is 3.00 bits per heavy atom. The number of benzene rings is 1. The molecule has 0 N–H and O–H groups in total. The van der Waals surface area contributed by atoms with Crippen LogP contribution in [0.3, 0.4) is 0 Å². The van der Waals surface area contributed by atoms with Crippen molar-refractivity contribution in [3.63, 3.8) is 0 Å². The molecule has 1 aromatic heterocycles. The SMILES string of the molecule is CSCc1nnc(SCC(=O)c2ccc3c(c2)CCC3)o1. The molecule has 0 atom stereocenters. The molecule has 0 amide bonds. The van der Waals surface area contributed by atoms with Crippen LogP contribution in [0.2, 0.25) is 0 Å². The van der Waals surface area contributed by atoms with E-state index in [0.717, 1.165) is 18.4 Å². The molecule has 0 bridgehead atoms. The van der Waals surface area contributed by atoms with Gasteiger partial charge in [0.2, 0.25) is 5.89 Å². The van der Waals surface area contributed by atoms with Gasteiger partial charge in [-0.2, -0.15) is 11.8 Å². The van der Waals surface area contributed by atoms with Crippen molar-refractivity contribution >= 4 is 29.3 Å². The topological polar surface area (TPSA) is 56.0 Å². The summed E-state index contributed by atoms with van der Waals surface area (Å²) in [7, 11) is 0. The minimum atomic E-state index is 0.110. The van der Waals surface area contributed by atoms with Gasteiger partial charge in [0.05, 0.1) is 11.5 Å². The van der Waals surface area contributed by atoms with E-state index in [1.165, 1.54) is 29.3 Å². The van der Waals surface area contributed by atoms with Gasteiger partial charge in [0.25, 0.3) is 5.22 Å². The molecule has 21 heavy (non-hydrogen) atoms. The predicted molar refractivity (Wildman–Crippen MR) is 85.0 cm³/mol. The first kappa shape index (κ1) is 14.7. The van der Waals surface area contributed by atoms with E-state index >= 15 is 0 Å². The normalized spacial score (nSPS) is 13.4. The van der Waals surface area contributed by atoms with Crippen LogP contribution in [0.1, 0.15) is 33.8 Å². The smallest absolute Gasteiger partial charge is 0.277 e. The van der Waals surface area contributed by atoms with Crippen molar-refractivity contribution < 1.29 is 9.21 Å². The van der Waals surface area contributed by atoms with Crippen LogP contribution in [-0.2, 0) is 18.6 Å². The molecule has 1 aromatic carbocycles. The van der Waals surface area contributed by atoms with Crippen LogP contribution in [0.5, 0.6) is 0 Å². The van der Waals surface area contributed by atoms with Crippen LogP contribution < -0.4 is 0 Å². The lowest BCUT2D eigenvalue weighted by Crippen LogP contribution is -2.03. The lowest BCUT2D eigenvalue weighted by atomic mass is 10.0. The van der Waals surface area contributed by atoms with Crippen molar-refractivity contribution in [3.8, 4) is 0 Å². The highest BCUT2D eigenvalue weighted by atomic mass is 32.2. The zero-order valence-electron chi connectivity index (χ0n) is 11.8. The van der Waals surface area contributed by atoms with Crippen molar-refractivity contribution in [1.82, 2.24) is 10.2 Å². The highest BCUT2D eigenvalue weighted by molar-refractivity contribution is 7.99. The number of nitrogens with zero attached hydrogens (tertiary/aromatic N) is 2. The van der Waals surface area contributed by atoms with Crippen molar-refractivity contribution in [2.24, 2.45) is 0 Å². The summed E-state index contributed by atoms with van der Waals surface area (Å²) in [6, 6.07) is 6.06. The lowest BCUT2D eigenvalue weighted by molar-refractivity contribution is 0.102. The van der Waals surface area contributed by atoms with Gasteiger partial charge in [-0.25, -0.2) is 0 Å². The Kier molecular flexibility index (Phi) is 4.65. The molecule has 0 unspecified atom stereocenters. The molecule has 0 aliphatic heterocycles. The van der Waals surface area contributed by atoms with E-state index in [4.69, 9.17) is 4.42 Å². The molecule has 1 aliphatic rings. The Bertz CT molecular complexity index is 655. The van der Waals surface area contributed by atoms with Crippen LogP contribution in [0.15, 0.2) is 27.8 Å². The summed E-state index contributed by atoms with van der Waals surface area (Å²) in [5.41, 5.74) is 3.50. The first-order valence-corrected chi connectivity index (χ1v) is 9.23. The summed E-state index contributed by atoms with van der Waals surface area (Å²) in [6.45, 7) is 0. The van der Waals surface area contributed by atoms with Crippen LogP contribution >= 0.6 is 23.5 Å². The van der Waals surface area contributed by atoms with E-state index in [-0.39, 0.29) is 5.78 Å². The van der Waals surface area contributed by atoms with E-state index in [2.05, 4.69) is 16.3 Å². The average Bonchev–Trinajstić information content (AvgIpc) is 3.13. The summed E-state index contributed by atoms with van der Waals surface area (Å²) in [4.78, 5) is 12.2. The fourth-order valence-corrected chi connectivity index (χ4v) is 3.47. The van der Waals surface area contributed by atoms with Crippen LogP contribution in [0.25, 0.3) is 0 Å². The molecule has 0 fully saturated rings. The molecule has 3 rings (SSSR count). The van der Waals surface area contributed by atoms with Gasteiger partial charge >= 0.3 is 0 Å². The Morgan fingerprint density at radius 1 is 1.29 bits per heavy atom. The summed E-state index contributed by atoms with van der Waals surface area (Å²) in [5.74, 6) is 1.75. The number of thioether (sulfide) groups is 2. The Balaban J connectivity index is 1.60. The highest BCUT2D eigenvalue weighted by Gasteiger charge is 2.15. The molecule has 4 nitrogen and oxygen atoms in total. The Labute approximate surface area is 132 Å². The molecule has 0 spiro atoms. The molecular weight excluding hydrogens is 304 g/mol. The molecule has 0 saturated heterocycles. The number of carbonyl (C=O) groups excluding carboxylic acids is 1. The number of aryl methyl sites for hydroxylation is 2. The number of rotatable bonds is 6. The number of aromatic nitrogens is 2. The molecule has 0 radical (unpaired) electrons. The molecule has 1 heterocycles. The molecule has 0 saturated carbocycles. The zero-order valence-corrected chi connectivity index (χ0v) is 13.4. The average molecular weight is 320 g/mol. The minimum absolute atomic E-state index is 0.110. The van der Waals surface area contributed by atoms with E-state index in [9.17, 15) is 4.79 Å². The van der Waals surface area contributed by atoms with Crippen LogP contribution in [0, 0.1) is 0 Å². The lowest BCUT2D eigenvalue weighted by Gasteiger charge is -2.03. The van der Waals surface area contributed by atoms with Gasteiger partial charge in [0, 0.05) is 5.56 Å². The maximum Gasteiger partial charge on any atom is 0.277 e. The fraction of sp³-hybridized carbons (Fsp3) is 0.400. The van der Waals surface area contributed by atoms with Gasteiger partial charge in [0.1, 0.15) is 0 Å². The monoisotopic (exact) mass is 320 g/mol. The van der Waals surface area contributed by atoms with Crippen LogP contribution in [-0.4, -0.2) is 28.0 Å². The maximum atomic E-state index is 12.2. The number of fused-ring (bicyclic) bond motifs is 1. The van der Waals surface area contributed by atoms with Gasteiger partial charge in [-0.3, -0.25) is 4.79 Å². The second-order valence-electron chi connectivity index (χ2n) is 4.94. The van der Waals surface area contributed by atoms with Crippen molar-refractivity contribution in [1.29, 1.82) is 0 Å². The van der Waals surface area contributed by atoms with Gasteiger partial charge in [-0.05, 0) is 42.7 Å². The highest BCUT2D eigenvalue weighted by Crippen LogP contribution is 2.24. The van der Waals surface area contributed by atoms with Crippen LogP contribution in [0.4, 0.5) is 0 Å². The summed E-state index contributed by atoms with van der Waals surface area (Å²) < 4.78 is 5.45. The largest absolute Gasteiger partial charge is 0.415 e. The number of hydrogen-bond donors (Lipinski definition) is 0. The number of Topliss-reactive ketones (excluding diaryl/α,β-unsaturated/α-hetero) is 1. The molecule has 2 aromatic rings. The third-order valence-corrected chi connectivity index (χ3v) is 4.82. The first-order valence-electron chi connectivity index (χ1n) is 6.85. The number of ketones is 1. The van der Waals surface area contributed by atoms with E-state index in [0.29, 0.717) is 22.6 Å². The van der Waals surface area contributed by atoms with Crippen molar-refractivity contribution in [2.75, 3.05) is 12.0 Å². The third kappa shape index (κ3) is 3.49. The molecule has 110 valence electrons. The fourth-order valence-electron chi connectivity index (χ4n) is 2.43. The number of hydrogen-bond acceptors (Lipinski definition) is 6. The third-order valence-electron chi connectivity index (χ3n) is 3.46. The minimum Gasteiger partial charge on any atom is -0.415 e. The second-order valence-corrected chi connectivity index (χ2v) is 6.74. The summed E-state index contributed by atoms with van der Waals surface area (Å²) in [5, 5.41) is 8.34. The van der Waals surface area contributed by atoms with Gasteiger partial charge in [-0.1, -0.05) is 23.9 Å². The first-order chi connectivity index (χ1) is 10.3. The standard InChI is InChI=1S/C15H16N2O2S2/c1-20-9-14-16-17-15(19-14)21-8-13(18)12-6-5-10-3-2-4-11(10)7-12/h5-7H,2-4,8-9H2,1H3. The maximum absolute atomic E-state index is 12.2.